The van der Waals surface area contributed by atoms with Crippen LogP contribution in [-0.2, 0) is 9.53 Å². The molecule has 28 heavy (non-hydrogen) atoms. The quantitative estimate of drug-likeness (QED) is 0.548. The second-order valence-corrected chi connectivity index (χ2v) is 8.59. The molecular formula is C19H20N4O3S2. The number of thioether (sulfide) groups is 1. The van der Waals surface area contributed by atoms with E-state index in [0.717, 1.165) is 15.6 Å². The first-order valence-electron chi connectivity index (χ1n) is 9.05. The number of para-hydroxylation sites is 1. The van der Waals surface area contributed by atoms with Gasteiger partial charge in [-0.2, -0.15) is 0 Å². The van der Waals surface area contributed by atoms with Gasteiger partial charge in [-0.25, -0.2) is 15.0 Å². The van der Waals surface area contributed by atoms with Crippen LogP contribution in [0.2, 0.25) is 0 Å². The Bertz CT molecular complexity index is 889. The third-order valence-corrected chi connectivity index (χ3v) is 6.43. The molecule has 0 saturated carbocycles. The van der Waals surface area contributed by atoms with E-state index in [0.29, 0.717) is 38.7 Å². The maximum atomic E-state index is 12.6. The van der Waals surface area contributed by atoms with E-state index >= 15 is 0 Å². The fraction of sp³-hybridized carbons (Fsp3) is 0.368. The van der Waals surface area contributed by atoms with Crippen LogP contribution in [0.3, 0.4) is 0 Å². The van der Waals surface area contributed by atoms with Crippen molar-refractivity contribution in [2.24, 2.45) is 0 Å². The highest BCUT2D eigenvalue weighted by Gasteiger charge is 2.24. The Morgan fingerprint density at radius 2 is 2.14 bits per heavy atom. The van der Waals surface area contributed by atoms with E-state index in [9.17, 15) is 4.79 Å². The van der Waals surface area contributed by atoms with E-state index in [1.807, 2.05) is 23.1 Å². The van der Waals surface area contributed by atoms with Gasteiger partial charge in [0.15, 0.2) is 4.34 Å². The van der Waals surface area contributed by atoms with Crippen LogP contribution in [0.4, 0.5) is 0 Å². The third-order valence-electron chi connectivity index (χ3n) is 4.25. The van der Waals surface area contributed by atoms with Gasteiger partial charge in [0, 0.05) is 31.1 Å². The summed E-state index contributed by atoms with van der Waals surface area (Å²) in [4.78, 5) is 27.1. The summed E-state index contributed by atoms with van der Waals surface area (Å²) in [5.74, 6) is 0.854. The zero-order valence-electron chi connectivity index (χ0n) is 15.2. The molecule has 1 unspecified atom stereocenters. The number of amides is 1. The van der Waals surface area contributed by atoms with Crippen molar-refractivity contribution in [3.05, 3.63) is 42.7 Å². The minimum atomic E-state index is -0.168. The standard InChI is InChI=1S/C19H20N4O3S2/c24-17(6-11-27-19-22-15-4-1-2-5-16(15)28-19)23-9-10-25-14(12-23)13-26-18-20-7-3-8-21-18/h1-5,7-8,14H,6,9-13H2. The lowest BCUT2D eigenvalue weighted by Gasteiger charge is -2.32. The van der Waals surface area contributed by atoms with Gasteiger partial charge < -0.3 is 14.4 Å². The molecule has 1 atom stereocenters. The van der Waals surface area contributed by atoms with Gasteiger partial charge >= 0.3 is 6.01 Å². The fourth-order valence-electron chi connectivity index (χ4n) is 2.87. The second kappa shape index (κ2) is 9.31. The van der Waals surface area contributed by atoms with Gasteiger partial charge in [0.2, 0.25) is 5.91 Å². The van der Waals surface area contributed by atoms with Crippen molar-refractivity contribution in [3.63, 3.8) is 0 Å². The monoisotopic (exact) mass is 416 g/mol. The molecule has 1 aliphatic rings. The molecule has 1 aliphatic heterocycles. The summed E-state index contributed by atoms with van der Waals surface area (Å²) < 4.78 is 13.4. The van der Waals surface area contributed by atoms with Crippen LogP contribution < -0.4 is 4.74 Å². The molecule has 7 nitrogen and oxygen atoms in total. The normalized spacial score (nSPS) is 17.0. The molecule has 3 aromatic rings. The third kappa shape index (κ3) is 4.98. The lowest BCUT2D eigenvalue weighted by Crippen LogP contribution is -2.47. The zero-order valence-corrected chi connectivity index (χ0v) is 16.8. The largest absolute Gasteiger partial charge is 0.461 e. The molecule has 0 aliphatic carbocycles. The highest BCUT2D eigenvalue weighted by Crippen LogP contribution is 2.29. The molecule has 2 aromatic heterocycles. The molecule has 9 heteroatoms. The van der Waals surface area contributed by atoms with Crippen LogP contribution in [0.1, 0.15) is 6.42 Å². The Labute approximate surface area is 171 Å². The van der Waals surface area contributed by atoms with Crippen LogP contribution in [0.25, 0.3) is 10.2 Å². The summed E-state index contributed by atoms with van der Waals surface area (Å²) in [6.45, 7) is 1.98. The van der Waals surface area contributed by atoms with Gasteiger partial charge in [-0.05, 0) is 18.2 Å². The number of fused-ring (bicyclic) bond motifs is 1. The van der Waals surface area contributed by atoms with Gasteiger partial charge in [-0.1, -0.05) is 23.9 Å². The molecule has 0 bridgehead atoms. The van der Waals surface area contributed by atoms with Crippen molar-refractivity contribution in [1.29, 1.82) is 0 Å². The number of aromatic nitrogens is 3. The predicted molar refractivity (Wildman–Crippen MR) is 109 cm³/mol. The number of carbonyl (C=O) groups excluding carboxylic acids is 1. The SMILES string of the molecule is O=C(CCSc1nc2ccccc2s1)N1CCOC(COc2ncccn2)C1. The molecular weight excluding hydrogens is 396 g/mol. The average molecular weight is 417 g/mol. The lowest BCUT2D eigenvalue weighted by atomic mass is 10.2. The van der Waals surface area contributed by atoms with Gasteiger partial charge in [0.05, 0.1) is 23.4 Å². The predicted octanol–water partition coefficient (Wildman–Crippen LogP) is 2.87. The Kier molecular flexibility index (Phi) is 6.35. The summed E-state index contributed by atoms with van der Waals surface area (Å²) in [6, 6.07) is 10.1. The Hall–Kier alpha value is -2.23. The minimum Gasteiger partial charge on any atom is -0.461 e. The van der Waals surface area contributed by atoms with Crippen LogP contribution in [-0.4, -0.2) is 63.9 Å². The zero-order chi connectivity index (χ0) is 19.2. The Morgan fingerprint density at radius 3 is 3.00 bits per heavy atom. The van der Waals surface area contributed by atoms with Gasteiger partial charge in [0.25, 0.3) is 0 Å². The van der Waals surface area contributed by atoms with Gasteiger partial charge in [0.1, 0.15) is 12.7 Å². The van der Waals surface area contributed by atoms with Crippen molar-refractivity contribution >= 4 is 39.2 Å². The molecule has 1 aromatic carbocycles. The van der Waals surface area contributed by atoms with Crippen LogP contribution >= 0.6 is 23.1 Å². The minimum absolute atomic E-state index is 0.137. The molecule has 3 heterocycles. The van der Waals surface area contributed by atoms with Gasteiger partial charge in [-0.15, -0.1) is 11.3 Å². The van der Waals surface area contributed by atoms with Crippen molar-refractivity contribution in [3.8, 4) is 6.01 Å². The maximum Gasteiger partial charge on any atom is 0.316 e. The fourth-order valence-corrected chi connectivity index (χ4v) is 4.94. The molecule has 1 fully saturated rings. The van der Waals surface area contributed by atoms with Crippen LogP contribution in [0.15, 0.2) is 47.1 Å². The average Bonchev–Trinajstić information content (AvgIpc) is 3.16. The van der Waals surface area contributed by atoms with Gasteiger partial charge in [-0.3, -0.25) is 4.79 Å². The second-order valence-electron chi connectivity index (χ2n) is 6.22. The smallest absolute Gasteiger partial charge is 0.316 e. The first-order chi connectivity index (χ1) is 13.8. The highest BCUT2D eigenvalue weighted by atomic mass is 32.2. The first-order valence-corrected chi connectivity index (χ1v) is 10.9. The van der Waals surface area contributed by atoms with Crippen molar-refractivity contribution in [2.75, 3.05) is 32.1 Å². The molecule has 4 rings (SSSR count). The van der Waals surface area contributed by atoms with E-state index in [1.165, 1.54) is 4.70 Å². The molecule has 1 amide bonds. The number of benzene rings is 1. The number of hydrogen-bond acceptors (Lipinski definition) is 8. The molecule has 0 N–H and O–H groups in total. The number of rotatable bonds is 7. The first kappa shape index (κ1) is 19.1. The molecule has 0 radical (unpaired) electrons. The Morgan fingerprint density at radius 1 is 1.29 bits per heavy atom. The summed E-state index contributed by atoms with van der Waals surface area (Å²) in [5, 5.41) is 0. The molecule has 0 spiro atoms. The maximum absolute atomic E-state index is 12.6. The van der Waals surface area contributed by atoms with E-state index in [1.54, 1.807) is 41.6 Å². The molecule has 146 valence electrons. The van der Waals surface area contributed by atoms with Crippen LogP contribution in [0, 0.1) is 0 Å². The number of nitrogens with zero attached hydrogens (tertiary/aromatic N) is 4. The lowest BCUT2D eigenvalue weighted by molar-refractivity contribution is -0.139. The Balaban J connectivity index is 1.22. The highest BCUT2D eigenvalue weighted by molar-refractivity contribution is 8.01. The number of hydrogen-bond donors (Lipinski definition) is 0. The number of morpholine rings is 1. The van der Waals surface area contributed by atoms with E-state index in [2.05, 4.69) is 21.0 Å². The summed E-state index contributed by atoms with van der Waals surface area (Å²) >= 11 is 3.30. The van der Waals surface area contributed by atoms with Crippen LogP contribution in [0.5, 0.6) is 6.01 Å². The number of thiazole rings is 1. The molecule has 1 saturated heterocycles. The van der Waals surface area contributed by atoms with E-state index in [4.69, 9.17) is 9.47 Å². The summed E-state index contributed by atoms with van der Waals surface area (Å²) in [6.07, 6.45) is 3.57. The topological polar surface area (TPSA) is 77.4 Å². The van der Waals surface area contributed by atoms with E-state index < -0.39 is 0 Å². The van der Waals surface area contributed by atoms with Crippen molar-refractivity contribution in [2.45, 2.75) is 16.9 Å². The summed E-state index contributed by atoms with van der Waals surface area (Å²) in [7, 11) is 0. The summed E-state index contributed by atoms with van der Waals surface area (Å²) in [5.41, 5.74) is 1.01. The van der Waals surface area contributed by atoms with Crippen molar-refractivity contribution < 1.29 is 14.3 Å². The number of ether oxygens (including phenoxy) is 2. The van der Waals surface area contributed by atoms with Crippen molar-refractivity contribution in [1.82, 2.24) is 19.9 Å². The number of carbonyl (C=O) groups is 1. The van der Waals surface area contributed by atoms with E-state index in [-0.39, 0.29) is 12.0 Å².